The number of hydrogen-bond donors (Lipinski definition) is 2. The van der Waals surface area contributed by atoms with Crippen LogP contribution in [-0.2, 0) is 0 Å². The largest absolute Gasteiger partial charge is 0.349 e. The molecule has 0 atom stereocenters. The predicted molar refractivity (Wildman–Crippen MR) is 91.1 cm³/mol. The predicted octanol–water partition coefficient (Wildman–Crippen LogP) is 3.36. The zero-order chi connectivity index (χ0) is 17.1. The quantitative estimate of drug-likeness (QED) is 0.896. The molecule has 0 saturated heterocycles. The lowest BCUT2D eigenvalue weighted by Crippen LogP contribution is -2.25. The monoisotopic (exact) mass is 339 g/mol. The highest BCUT2D eigenvalue weighted by atomic mass is 35.5. The van der Waals surface area contributed by atoms with Crippen molar-refractivity contribution >= 4 is 29.1 Å². The van der Waals surface area contributed by atoms with Gasteiger partial charge in [-0.05, 0) is 55.3 Å². The van der Waals surface area contributed by atoms with Gasteiger partial charge in [0.15, 0.2) is 0 Å². The fourth-order valence-corrected chi connectivity index (χ4v) is 2.37. The molecule has 6 heteroatoms. The summed E-state index contributed by atoms with van der Waals surface area (Å²) >= 11 is 6.08. The minimum atomic E-state index is -0.324. The van der Waals surface area contributed by atoms with E-state index in [1.165, 1.54) is 0 Å². The number of nitrogens with one attached hydrogen (secondary N) is 2. The molecule has 5 nitrogen and oxygen atoms in total. The van der Waals surface area contributed by atoms with Crippen molar-refractivity contribution in [2.75, 3.05) is 5.32 Å². The van der Waals surface area contributed by atoms with Crippen LogP contribution < -0.4 is 10.6 Å². The molecule has 0 radical (unpaired) electrons. The molecule has 0 aliphatic heterocycles. The number of hydrogen-bond acceptors (Lipinski definition) is 3. The Labute approximate surface area is 144 Å². The second-order valence-corrected chi connectivity index (χ2v) is 5.99. The Hall–Kier alpha value is -2.84. The van der Waals surface area contributed by atoms with Crippen LogP contribution in [0.5, 0.6) is 0 Å². The van der Waals surface area contributed by atoms with Crippen LogP contribution in [0, 0.1) is 11.3 Å². The summed E-state index contributed by atoms with van der Waals surface area (Å²) in [7, 11) is 0. The van der Waals surface area contributed by atoms with Crippen LogP contribution in [0.2, 0.25) is 5.02 Å². The maximum Gasteiger partial charge on any atom is 0.255 e. The molecule has 2 aromatic rings. The Kier molecular flexibility index (Phi) is 4.50. The molecule has 2 amide bonds. The van der Waals surface area contributed by atoms with Crippen molar-refractivity contribution < 1.29 is 9.59 Å². The highest BCUT2D eigenvalue weighted by molar-refractivity contribution is 6.34. The van der Waals surface area contributed by atoms with Crippen molar-refractivity contribution in [2.24, 2.45) is 0 Å². The van der Waals surface area contributed by atoms with E-state index < -0.39 is 0 Å². The molecule has 1 aliphatic carbocycles. The van der Waals surface area contributed by atoms with Gasteiger partial charge in [-0.1, -0.05) is 11.6 Å². The lowest BCUT2D eigenvalue weighted by molar-refractivity contribution is 0.0949. The molecule has 0 spiro atoms. The summed E-state index contributed by atoms with van der Waals surface area (Å²) in [6.07, 6.45) is 1.97. The van der Waals surface area contributed by atoms with Gasteiger partial charge in [-0.2, -0.15) is 5.26 Å². The molecule has 0 heterocycles. The summed E-state index contributed by atoms with van der Waals surface area (Å²) in [4.78, 5) is 24.4. The molecule has 120 valence electrons. The average molecular weight is 340 g/mol. The number of halogens is 1. The summed E-state index contributed by atoms with van der Waals surface area (Å²) in [6, 6.07) is 13.3. The van der Waals surface area contributed by atoms with Crippen LogP contribution in [-0.4, -0.2) is 17.9 Å². The van der Waals surface area contributed by atoms with Crippen molar-refractivity contribution in [1.82, 2.24) is 5.32 Å². The first-order valence-electron chi connectivity index (χ1n) is 7.49. The first-order chi connectivity index (χ1) is 11.6. The van der Waals surface area contributed by atoms with Gasteiger partial charge in [-0.3, -0.25) is 9.59 Å². The number of anilines is 1. The van der Waals surface area contributed by atoms with E-state index in [1.807, 2.05) is 6.07 Å². The first-order valence-corrected chi connectivity index (χ1v) is 7.86. The van der Waals surface area contributed by atoms with Crippen LogP contribution in [0.4, 0.5) is 5.69 Å². The molecule has 2 N–H and O–H groups in total. The number of carbonyl (C=O) groups excluding carboxylic acids is 2. The van der Waals surface area contributed by atoms with Crippen molar-refractivity contribution in [3.8, 4) is 6.07 Å². The fraction of sp³-hybridized carbons (Fsp3) is 0.167. The van der Waals surface area contributed by atoms with Crippen molar-refractivity contribution in [3.05, 3.63) is 64.2 Å². The maximum atomic E-state index is 12.2. The van der Waals surface area contributed by atoms with Gasteiger partial charge in [-0.15, -0.1) is 0 Å². The van der Waals surface area contributed by atoms with Crippen LogP contribution in [0.25, 0.3) is 0 Å². The molecule has 2 aromatic carbocycles. The molecule has 0 unspecified atom stereocenters. The SMILES string of the molecule is N#Cc1ccc(C(=O)Nc2ccc(Cl)c(C(=O)NC3CC3)c2)cc1. The summed E-state index contributed by atoms with van der Waals surface area (Å²) in [5, 5.41) is 14.7. The van der Waals surface area contributed by atoms with Gasteiger partial charge < -0.3 is 10.6 Å². The van der Waals surface area contributed by atoms with Crippen molar-refractivity contribution in [3.63, 3.8) is 0 Å². The Balaban J connectivity index is 1.75. The second kappa shape index (κ2) is 6.73. The molecule has 1 fully saturated rings. The van der Waals surface area contributed by atoms with E-state index in [1.54, 1.807) is 42.5 Å². The number of nitriles is 1. The minimum Gasteiger partial charge on any atom is -0.349 e. The average Bonchev–Trinajstić information content (AvgIpc) is 3.40. The van der Waals surface area contributed by atoms with Crippen molar-refractivity contribution in [1.29, 1.82) is 5.26 Å². The maximum absolute atomic E-state index is 12.2. The smallest absolute Gasteiger partial charge is 0.255 e. The van der Waals surface area contributed by atoms with Gasteiger partial charge in [0.05, 0.1) is 22.2 Å². The minimum absolute atomic E-state index is 0.227. The number of carbonyl (C=O) groups is 2. The standard InChI is InChI=1S/C18H14ClN3O2/c19-16-8-7-14(9-15(16)18(24)21-13-5-6-13)22-17(23)12-3-1-11(10-20)2-4-12/h1-4,7-9,13H,5-6H2,(H,21,24)(H,22,23). The fourth-order valence-electron chi connectivity index (χ4n) is 2.17. The summed E-state index contributed by atoms with van der Waals surface area (Å²) in [5.74, 6) is -0.563. The van der Waals surface area contributed by atoms with E-state index in [4.69, 9.17) is 16.9 Å². The van der Waals surface area contributed by atoms with E-state index in [0.717, 1.165) is 12.8 Å². The van der Waals surface area contributed by atoms with Gasteiger partial charge >= 0.3 is 0 Å². The molecular formula is C18H14ClN3O2. The molecule has 24 heavy (non-hydrogen) atoms. The Morgan fingerprint density at radius 2 is 1.79 bits per heavy atom. The summed E-state index contributed by atoms with van der Waals surface area (Å²) < 4.78 is 0. The van der Waals surface area contributed by atoms with E-state index in [-0.39, 0.29) is 17.9 Å². The second-order valence-electron chi connectivity index (χ2n) is 5.59. The highest BCUT2D eigenvalue weighted by Gasteiger charge is 2.24. The highest BCUT2D eigenvalue weighted by Crippen LogP contribution is 2.24. The molecular weight excluding hydrogens is 326 g/mol. The topological polar surface area (TPSA) is 82.0 Å². The molecule has 1 saturated carbocycles. The van der Waals surface area contributed by atoms with Gasteiger partial charge in [0.25, 0.3) is 11.8 Å². The Bertz CT molecular complexity index is 836. The van der Waals surface area contributed by atoms with Gasteiger partial charge in [-0.25, -0.2) is 0 Å². The normalized spacial score (nSPS) is 13.0. The van der Waals surface area contributed by atoms with Gasteiger partial charge in [0.2, 0.25) is 0 Å². The number of rotatable bonds is 4. The zero-order valence-electron chi connectivity index (χ0n) is 12.7. The summed E-state index contributed by atoms with van der Waals surface area (Å²) in [5.41, 5.74) is 1.72. The van der Waals surface area contributed by atoms with Crippen LogP contribution in [0.1, 0.15) is 39.1 Å². The van der Waals surface area contributed by atoms with Crippen LogP contribution in [0.3, 0.4) is 0 Å². The lowest BCUT2D eigenvalue weighted by Gasteiger charge is -2.10. The Morgan fingerprint density at radius 3 is 2.42 bits per heavy atom. The molecule has 0 aromatic heterocycles. The zero-order valence-corrected chi connectivity index (χ0v) is 13.4. The number of benzene rings is 2. The molecule has 3 rings (SSSR count). The Morgan fingerprint density at radius 1 is 1.08 bits per heavy atom. The third-order valence-corrected chi connectivity index (χ3v) is 3.99. The van der Waals surface area contributed by atoms with Crippen LogP contribution >= 0.6 is 11.6 Å². The van der Waals surface area contributed by atoms with E-state index in [9.17, 15) is 9.59 Å². The van der Waals surface area contributed by atoms with E-state index in [0.29, 0.717) is 27.4 Å². The third-order valence-electron chi connectivity index (χ3n) is 3.66. The van der Waals surface area contributed by atoms with E-state index in [2.05, 4.69) is 10.6 Å². The molecule has 1 aliphatic rings. The number of amides is 2. The van der Waals surface area contributed by atoms with Crippen molar-refractivity contribution in [2.45, 2.75) is 18.9 Å². The summed E-state index contributed by atoms with van der Waals surface area (Å²) in [6.45, 7) is 0. The van der Waals surface area contributed by atoms with Gasteiger partial charge in [0.1, 0.15) is 0 Å². The van der Waals surface area contributed by atoms with Crippen LogP contribution in [0.15, 0.2) is 42.5 Å². The third kappa shape index (κ3) is 3.73. The van der Waals surface area contributed by atoms with E-state index >= 15 is 0 Å². The number of nitrogens with zero attached hydrogens (tertiary/aromatic N) is 1. The van der Waals surface area contributed by atoms with Gasteiger partial charge in [0, 0.05) is 17.3 Å². The lowest BCUT2D eigenvalue weighted by atomic mass is 10.1. The first kappa shape index (κ1) is 16.0. The molecule has 0 bridgehead atoms.